The van der Waals surface area contributed by atoms with Crippen molar-refractivity contribution in [2.24, 2.45) is 0 Å². The fourth-order valence-electron chi connectivity index (χ4n) is 2.10. The van der Waals surface area contributed by atoms with Gasteiger partial charge in [0.2, 0.25) is 17.8 Å². The summed E-state index contributed by atoms with van der Waals surface area (Å²) in [6.07, 6.45) is 3.53. The molecule has 0 amide bonds. The molecule has 0 aromatic carbocycles. The number of aromatic nitrogens is 3. The third-order valence-electron chi connectivity index (χ3n) is 3.60. The van der Waals surface area contributed by atoms with E-state index in [1.165, 1.54) is 12.8 Å². The summed E-state index contributed by atoms with van der Waals surface area (Å²) in [4.78, 5) is 18.1. The predicted molar refractivity (Wildman–Crippen MR) is 83.6 cm³/mol. The fourth-order valence-corrected chi connectivity index (χ4v) is 2.10. The molecule has 1 N–H and O–H groups in total. The minimum absolute atomic E-state index is 0.598. The Labute approximate surface area is 121 Å². The van der Waals surface area contributed by atoms with E-state index in [9.17, 15) is 0 Å². The maximum Gasteiger partial charge on any atom is 0.231 e. The van der Waals surface area contributed by atoms with Gasteiger partial charge in [0.15, 0.2) is 0 Å². The SMILES string of the molecule is CCCNc1nc(N(CC)CC)nc(N(C)C2CC2)n1. The van der Waals surface area contributed by atoms with Gasteiger partial charge in [-0.3, -0.25) is 0 Å². The second kappa shape index (κ2) is 6.72. The number of hydrogen-bond donors (Lipinski definition) is 1. The van der Waals surface area contributed by atoms with Crippen molar-refractivity contribution in [3.8, 4) is 0 Å². The highest BCUT2D eigenvalue weighted by molar-refractivity contribution is 5.46. The van der Waals surface area contributed by atoms with Crippen molar-refractivity contribution in [2.75, 3.05) is 41.8 Å². The molecule has 20 heavy (non-hydrogen) atoms. The summed E-state index contributed by atoms with van der Waals surface area (Å²) in [6.45, 7) is 9.07. The zero-order valence-corrected chi connectivity index (χ0v) is 13.1. The Hall–Kier alpha value is -1.59. The molecule has 1 aliphatic rings. The van der Waals surface area contributed by atoms with Gasteiger partial charge in [-0.1, -0.05) is 6.92 Å². The van der Waals surface area contributed by atoms with Gasteiger partial charge in [0, 0.05) is 32.7 Å². The lowest BCUT2D eigenvalue weighted by atomic mass is 10.5. The van der Waals surface area contributed by atoms with Crippen molar-refractivity contribution in [1.29, 1.82) is 0 Å². The van der Waals surface area contributed by atoms with Crippen molar-refractivity contribution in [3.05, 3.63) is 0 Å². The zero-order chi connectivity index (χ0) is 14.5. The highest BCUT2D eigenvalue weighted by atomic mass is 15.4. The second-order valence-electron chi connectivity index (χ2n) is 5.20. The summed E-state index contributed by atoms with van der Waals surface area (Å²) in [6, 6.07) is 0.598. The summed E-state index contributed by atoms with van der Waals surface area (Å²) in [5, 5.41) is 3.28. The number of rotatable bonds is 8. The molecule has 1 aromatic rings. The quantitative estimate of drug-likeness (QED) is 0.786. The average Bonchev–Trinajstić information content (AvgIpc) is 3.30. The third-order valence-corrected chi connectivity index (χ3v) is 3.60. The minimum atomic E-state index is 0.598. The lowest BCUT2D eigenvalue weighted by Gasteiger charge is -2.22. The Bertz CT molecular complexity index is 407. The maximum absolute atomic E-state index is 4.63. The Morgan fingerprint density at radius 1 is 1.05 bits per heavy atom. The topological polar surface area (TPSA) is 57.2 Å². The van der Waals surface area contributed by atoms with E-state index in [1.807, 2.05) is 0 Å². The van der Waals surface area contributed by atoms with E-state index >= 15 is 0 Å². The van der Waals surface area contributed by atoms with E-state index in [4.69, 9.17) is 0 Å². The van der Waals surface area contributed by atoms with Crippen LogP contribution >= 0.6 is 0 Å². The molecule has 1 saturated carbocycles. The standard InChI is InChI=1S/C14H26N6/c1-5-10-15-12-16-13(19(4)11-8-9-11)18-14(17-12)20(6-2)7-3/h11H,5-10H2,1-4H3,(H,15,16,17,18). The summed E-state index contributed by atoms with van der Waals surface area (Å²) < 4.78 is 0. The van der Waals surface area contributed by atoms with Crippen molar-refractivity contribution in [2.45, 2.75) is 46.1 Å². The Morgan fingerprint density at radius 3 is 2.25 bits per heavy atom. The Balaban J connectivity index is 2.27. The molecule has 6 heteroatoms. The van der Waals surface area contributed by atoms with Crippen molar-refractivity contribution >= 4 is 17.8 Å². The first kappa shape index (κ1) is 14.8. The molecule has 1 aliphatic carbocycles. The van der Waals surface area contributed by atoms with Crippen LogP contribution in [0.15, 0.2) is 0 Å². The number of hydrogen-bond acceptors (Lipinski definition) is 6. The van der Waals surface area contributed by atoms with E-state index in [-0.39, 0.29) is 0 Å². The normalized spacial score (nSPS) is 14.2. The van der Waals surface area contributed by atoms with Crippen LogP contribution in [0.1, 0.15) is 40.0 Å². The van der Waals surface area contributed by atoms with Gasteiger partial charge in [-0.05, 0) is 33.1 Å². The average molecular weight is 278 g/mol. The molecule has 0 bridgehead atoms. The first-order chi connectivity index (χ1) is 9.69. The van der Waals surface area contributed by atoms with Crippen LogP contribution in [0.4, 0.5) is 17.8 Å². The highest BCUT2D eigenvalue weighted by Gasteiger charge is 2.28. The lowest BCUT2D eigenvalue weighted by Crippen LogP contribution is -2.28. The van der Waals surface area contributed by atoms with Gasteiger partial charge >= 0.3 is 0 Å². The monoisotopic (exact) mass is 278 g/mol. The van der Waals surface area contributed by atoms with Crippen molar-refractivity contribution in [3.63, 3.8) is 0 Å². The van der Waals surface area contributed by atoms with Crippen LogP contribution in [-0.2, 0) is 0 Å². The Morgan fingerprint density at radius 2 is 1.70 bits per heavy atom. The van der Waals surface area contributed by atoms with E-state index in [0.717, 1.165) is 38.0 Å². The molecule has 2 rings (SSSR count). The van der Waals surface area contributed by atoms with Gasteiger partial charge in [0.05, 0.1) is 0 Å². The number of nitrogens with zero attached hydrogens (tertiary/aromatic N) is 5. The van der Waals surface area contributed by atoms with Crippen molar-refractivity contribution in [1.82, 2.24) is 15.0 Å². The smallest absolute Gasteiger partial charge is 0.231 e. The molecule has 112 valence electrons. The molecule has 0 radical (unpaired) electrons. The van der Waals surface area contributed by atoms with Crippen LogP contribution in [0.2, 0.25) is 0 Å². The Kier molecular flexibility index (Phi) is 4.98. The second-order valence-corrected chi connectivity index (χ2v) is 5.20. The molecular weight excluding hydrogens is 252 g/mol. The largest absolute Gasteiger partial charge is 0.354 e. The van der Waals surface area contributed by atoms with Crippen molar-refractivity contribution < 1.29 is 0 Å². The van der Waals surface area contributed by atoms with Gasteiger partial charge in [-0.2, -0.15) is 15.0 Å². The van der Waals surface area contributed by atoms with Crippen LogP contribution < -0.4 is 15.1 Å². The summed E-state index contributed by atoms with van der Waals surface area (Å²) in [5.41, 5.74) is 0. The van der Waals surface area contributed by atoms with Gasteiger partial charge < -0.3 is 15.1 Å². The molecule has 0 unspecified atom stereocenters. The van der Waals surface area contributed by atoms with Gasteiger partial charge in [-0.15, -0.1) is 0 Å². The highest BCUT2D eigenvalue weighted by Crippen LogP contribution is 2.29. The first-order valence-electron chi connectivity index (χ1n) is 7.67. The lowest BCUT2D eigenvalue weighted by molar-refractivity contribution is 0.788. The summed E-state index contributed by atoms with van der Waals surface area (Å²) in [7, 11) is 2.07. The van der Waals surface area contributed by atoms with Gasteiger partial charge in [0.25, 0.3) is 0 Å². The first-order valence-corrected chi connectivity index (χ1v) is 7.67. The third kappa shape index (κ3) is 3.49. The van der Waals surface area contributed by atoms with Crippen LogP contribution in [0, 0.1) is 0 Å². The predicted octanol–water partition coefficient (Wildman–Crippen LogP) is 2.14. The van der Waals surface area contributed by atoms with Gasteiger partial charge in [0.1, 0.15) is 0 Å². The maximum atomic E-state index is 4.63. The molecular formula is C14H26N6. The summed E-state index contributed by atoms with van der Waals surface area (Å²) in [5.74, 6) is 2.24. The summed E-state index contributed by atoms with van der Waals surface area (Å²) >= 11 is 0. The van der Waals surface area contributed by atoms with Crippen LogP contribution in [0.25, 0.3) is 0 Å². The van der Waals surface area contributed by atoms with Crippen LogP contribution in [0.5, 0.6) is 0 Å². The molecule has 0 saturated heterocycles. The van der Waals surface area contributed by atoms with Crippen LogP contribution in [-0.4, -0.2) is 47.7 Å². The van der Waals surface area contributed by atoms with E-state index in [0.29, 0.717) is 12.0 Å². The van der Waals surface area contributed by atoms with Crippen LogP contribution in [0.3, 0.4) is 0 Å². The molecule has 1 aromatic heterocycles. The fraction of sp³-hybridized carbons (Fsp3) is 0.786. The molecule has 0 atom stereocenters. The molecule has 1 fully saturated rings. The van der Waals surface area contributed by atoms with Gasteiger partial charge in [-0.25, -0.2) is 0 Å². The molecule has 1 heterocycles. The molecule has 6 nitrogen and oxygen atoms in total. The molecule has 0 spiro atoms. The molecule has 0 aliphatic heterocycles. The van der Waals surface area contributed by atoms with E-state index in [2.05, 4.69) is 57.9 Å². The number of anilines is 3. The van der Waals surface area contributed by atoms with E-state index in [1.54, 1.807) is 0 Å². The minimum Gasteiger partial charge on any atom is -0.354 e. The van der Waals surface area contributed by atoms with E-state index < -0.39 is 0 Å². The number of nitrogens with one attached hydrogen (secondary N) is 1. The zero-order valence-electron chi connectivity index (χ0n) is 13.1.